The molecule has 30 heavy (non-hydrogen) atoms. The SMILES string of the molecule is CCOc1nc2cccc(C(C)C)c2cc1-c1cc(C(C)C)c2ccc(Cl)nc2c1. The minimum atomic E-state index is 0.352. The summed E-state index contributed by atoms with van der Waals surface area (Å²) in [5, 5.41) is 2.79. The number of hydrogen-bond donors (Lipinski definition) is 0. The van der Waals surface area contributed by atoms with Crippen LogP contribution in [0.25, 0.3) is 32.9 Å². The lowest BCUT2D eigenvalue weighted by molar-refractivity contribution is 0.329. The van der Waals surface area contributed by atoms with Gasteiger partial charge in [-0.1, -0.05) is 51.4 Å². The maximum Gasteiger partial charge on any atom is 0.221 e. The molecule has 0 fully saturated rings. The van der Waals surface area contributed by atoms with Crippen molar-refractivity contribution < 1.29 is 4.74 Å². The summed E-state index contributed by atoms with van der Waals surface area (Å²) >= 11 is 6.22. The van der Waals surface area contributed by atoms with Gasteiger partial charge in [-0.2, -0.15) is 0 Å². The number of aromatic nitrogens is 2. The lowest BCUT2D eigenvalue weighted by Gasteiger charge is -2.17. The van der Waals surface area contributed by atoms with Crippen molar-refractivity contribution in [3.63, 3.8) is 0 Å². The molecule has 0 unspecified atom stereocenters. The normalized spacial score (nSPS) is 11.7. The van der Waals surface area contributed by atoms with Crippen LogP contribution in [-0.2, 0) is 0 Å². The minimum Gasteiger partial charge on any atom is -0.478 e. The van der Waals surface area contributed by atoms with Crippen molar-refractivity contribution >= 4 is 33.4 Å². The van der Waals surface area contributed by atoms with Crippen LogP contribution in [-0.4, -0.2) is 16.6 Å². The first kappa shape index (κ1) is 20.6. The molecule has 2 heterocycles. The first-order valence-corrected chi connectivity index (χ1v) is 10.9. The van der Waals surface area contributed by atoms with Crippen LogP contribution in [0, 0.1) is 0 Å². The topological polar surface area (TPSA) is 35.0 Å². The molecule has 2 aromatic heterocycles. The Hall–Kier alpha value is -2.65. The molecular weight excluding hydrogens is 392 g/mol. The number of fused-ring (bicyclic) bond motifs is 2. The Balaban J connectivity index is 2.05. The first-order valence-electron chi connectivity index (χ1n) is 10.6. The van der Waals surface area contributed by atoms with Crippen LogP contribution in [0.1, 0.15) is 57.6 Å². The van der Waals surface area contributed by atoms with Crippen LogP contribution in [0.4, 0.5) is 0 Å². The maximum atomic E-state index is 6.22. The molecule has 0 aliphatic rings. The summed E-state index contributed by atoms with van der Waals surface area (Å²) in [5.41, 5.74) is 6.42. The molecule has 4 heteroatoms. The Kier molecular flexibility index (Phi) is 5.66. The number of nitrogens with zero attached hydrogens (tertiary/aromatic N) is 2. The molecule has 0 radical (unpaired) electrons. The highest BCUT2D eigenvalue weighted by atomic mass is 35.5. The van der Waals surface area contributed by atoms with Crippen LogP contribution in [0.3, 0.4) is 0 Å². The molecule has 0 aliphatic heterocycles. The largest absolute Gasteiger partial charge is 0.478 e. The van der Waals surface area contributed by atoms with Gasteiger partial charge in [-0.3, -0.25) is 0 Å². The van der Waals surface area contributed by atoms with Gasteiger partial charge in [-0.15, -0.1) is 0 Å². The standard InChI is InChI=1S/C26H27ClN2O/c1-6-30-26-21(14-22-18(15(2)3)8-7-9-23(22)29-26)17-12-20(16(4)5)19-10-11-25(27)28-24(19)13-17/h7-16H,6H2,1-5H3. The monoisotopic (exact) mass is 418 g/mol. The Morgan fingerprint density at radius 3 is 2.30 bits per heavy atom. The van der Waals surface area contributed by atoms with E-state index in [1.54, 1.807) is 0 Å². The fraction of sp³-hybridized carbons (Fsp3) is 0.308. The number of ether oxygens (including phenoxy) is 1. The number of pyridine rings is 2. The number of halogens is 1. The lowest BCUT2D eigenvalue weighted by Crippen LogP contribution is -2.00. The highest BCUT2D eigenvalue weighted by Crippen LogP contribution is 2.38. The third-order valence-corrected chi connectivity index (χ3v) is 5.71. The molecule has 3 nitrogen and oxygen atoms in total. The van der Waals surface area contributed by atoms with Crippen molar-refractivity contribution in [3.8, 4) is 17.0 Å². The second kappa shape index (κ2) is 8.23. The molecular formula is C26H27ClN2O. The van der Waals surface area contributed by atoms with Crippen molar-refractivity contribution in [1.82, 2.24) is 9.97 Å². The van der Waals surface area contributed by atoms with E-state index in [4.69, 9.17) is 21.3 Å². The van der Waals surface area contributed by atoms with Gasteiger partial charge in [-0.25, -0.2) is 9.97 Å². The molecule has 0 N–H and O–H groups in total. The predicted octanol–water partition coefficient (Wildman–Crippen LogP) is 7.75. The minimum absolute atomic E-state index is 0.352. The Morgan fingerprint density at radius 1 is 0.833 bits per heavy atom. The van der Waals surface area contributed by atoms with Crippen LogP contribution >= 0.6 is 11.6 Å². The molecule has 4 rings (SSSR count). The number of benzene rings is 2. The van der Waals surface area contributed by atoms with E-state index in [-0.39, 0.29) is 0 Å². The van der Waals surface area contributed by atoms with Gasteiger partial charge < -0.3 is 4.74 Å². The van der Waals surface area contributed by atoms with Crippen LogP contribution in [0.15, 0.2) is 48.5 Å². The second-order valence-electron chi connectivity index (χ2n) is 8.26. The molecule has 154 valence electrons. The van der Waals surface area contributed by atoms with E-state index < -0.39 is 0 Å². The van der Waals surface area contributed by atoms with Crippen molar-refractivity contribution in [2.45, 2.75) is 46.5 Å². The summed E-state index contributed by atoms with van der Waals surface area (Å²) in [4.78, 5) is 9.48. The molecule has 0 spiro atoms. The van der Waals surface area contributed by atoms with Crippen LogP contribution in [0.5, 0.6) is 5.88 Å². The van der Waals surface area contributed by atoms with E-state index >= 15 is 0 Å². The van der Waals surface area contributed by atoms with Gasteiger partial charge in [0.25, 0.3) is 0 Å². The summed E-state index contributed by atoms with van der Waals surface area (Å²) < 4.78 is 5.98. The van der Waals surface area contributed by atoms with E-state index in [9.17, 15) is 0 Å². The van der Waals surface area contributed by atoms with Crippen LogP contribution < -0.4 is 4.74 Å². The summed E-state index contributed by atoms with van der Waals surface area (Å²) in [6.07, 6.45) is 0. The van der Waals surface area contributed by atoms with E-state index in [0.29, 0.717) is 29.5 Å². The predicted molar refractivity (Wildman–Crippen MR) is 127 cm³/mol. The first-order chi connectivity index (χ1) is 14.4. The van der Waals surface area contributed by atoms with Gasteiger partial charge in [0.05, 0.1) is 17.6 Å². The molecule has 4 aromatic rings. The average molecular weight is 419 g/mol. The molecule has 0 aliphatic carbocycles. The summed E-state index contributed by atoms with van der Waals surface area (Å²) in [6, 6.07) is 16.8. The highest BCUT2D eigenvalue weighted by Gasteiger charge is 2.17. The number of hydrogen-bond acceptors (Lipinski definition) is 3. The van der Waals surface area contributed by atoms with Gasteiger partial charge in [-0.05, 0) is 71.8 Å². The van der Waals surface area contributed by atoms with E-state index in [1.165, 1.54) is 11.1 Å². The molecule has 0 amide bonds. The second-order valence-corrected chi connectivity index (χ2v) is 8.65. The van der Waals surface area contributed by atoms with Gasteiger partial charge in [0, 0.05) is 16.3 Å². The number of rotatable bonds is 5. The fourth-order valence-corrected chi connectivity index (χ4v) is 4.18. The maximum absolute atomic E-state index is 6.22. The Bertz CT molecular complexity index is 1230. The van der Waals surface area contributed by atoms with Crippen molar-refractivity contribution in [3.05, 3.63) is 64.8 Å². The molecule has 0 saturated carbocycles. The van der Waals surface area contributed by atoms with E-state index in [2.05, 4.69) is 75.1 Å². The smallest absolute Gasteiger partial charge is 0.221 e. The van der Waals surface area contributed by atoms with Gasteiger partial charge >= 0.3 is 0 Å². The summed E-state index contributed by atoms with van der Waals surface area (Å²) in [5.74, 6) is 1.41. The van der Waals surface area contributed by atoms with Gasteiger partial charge in [0.1, 0.15) is 5.15 Å². The molecule has 0 atom stereocenters. The Labute approximate surface area is 183 Å². The van der Waals surface area contributed by atoms with Crippen molar-refractivity contribution in [1.29, 1.82) is 0 Å². The third-order valence-electron chi connectivity index (χ3n) is 5.50. The zero-order valence-corrected chi connectivity index (χ0v) is 18.9. The van der Waals surface area contributed by atoms with E-state index in [1.807, 2.05) is 13.0 Å². The zero-order chi connectivity index (χ0) is 21.4. The van der Waals surface area contributed by atoms with E-state index in [0.717, 1.165) is 32.9 Å². The summed E-state index contributed by atoms with van der Waals surface area (Å²) in [6.45, 7) is 11.4. The van der Waals surface area contributed by atoms with Crippen molar-refractivity contribution in [2.75, 3.05) is 6.61 Å². The molecule has 0 bridgehead atoms. The highest BCUT2D eigenvalue weighted by molar-refractivity contribution is 6.29. The van der Waals surface area contributed by atoms with Crippen molar-refractivity contribution in [2.24, 2.45) is 0 Å². The Morgan fingerprint density at radius 2 is 1.60 bits per heavy atom. The lowest BCUT2D eigenvalue weighted by atomic mass is 9.92. The van der Waals surface area contributed by atoms with Gasteiger partial charge in [0.2, 0.25) is 5.88 Å². The quantitative estimate of drug-likeness (QED) is 0.311. The zero-order valence-electron chi connectivity index (χ0n) is 18.2. The fourth-order valence-electron chi connectivity index (χ4n) is 4.03. The van der Waals surface area contributed by atoms with Gasteiger partial charge in [0.15, 0.2) is 0 Å². The average Bonchev–Trinajstić information content (AvgIpc) is 2.71. The van der Waals surface area contributed by atoms with Crippen LogP contribution in [0.2, 0.25) is 5.15 Å². The third kappa shape index (κ3) is 3.75. The molecule has 0 saturated heterocycles. The molecule has 2 aromatic carbocycles. The summed E-state index contributed by atoms with van der Waals surface area (Å²) in [7, 11) is 0.